The number of hydrogen-bond donors (Lipinski definition) is 0. The van der Waals surface area contributed by atoms with Gasteiger partial charge in [-0.3, -0.25) is 14.5 Å². The van der Waals surface area contributed by atoms with E-state index in [1.807, 2.05) is 13.8 Å². The highest BCUT2D eigenvalue weighted by molar-refractivity contribution is 5.99. The molecule has 0 aromatic carbocycles. The molecule has 1 aliphatic heterocycles. The van der Waals surface area contributed by atoms with Crippen LogP contribution in [0.4, 0.5) is 0 Å². The number of carbonyl (C=O) groups excluding carboxylic acids is 2. The molecule has 0 bridgehead atoms. The first-order valence-electron chi connectivity index (χ1n) is 3.76. The molecule has 1 saturated heterocycles. The zero-order chi connectivity index (χ0) is 8.65. The third-order valence-corrected chi connectivity index (χ3v) is 2.22. The van der Waals surface area contributed by atoms with Crippen LogP contribution in [0.3, 0.4) is 0 Å². The van der Waals surface area contributed by atoms with E-state index in [0.717, 1.165) is 0 Å². The van der Waals surface area contributed by atoms with Gasteiger partial charge >= 0.3 is 0 Å². The Morgan fingerprint density at radius 1 is 1.36 bits per heavy atom. The molecule has 1 heterocycles. The Hall–Kier alpha value is -0.860. The van der Waals surface area contributed by atoms with Crippen molar-refractivity contribution in [3.63, 3.8) is 0 Å². The van der Waals surface area contributed by atoms with Gasteiger partial charge in [-0.05, 0) is 6.42 Å². The van der Waals surface area contributed by atoms with Crippen LogP contribution in [0.1, 0.15) is 26.7 Å². The minimum Gasteiger partial charge on any atom is -0.285 e. The molecule has 0 aromatic rings. The Morgan fingerprint density at radius 3 is 2.36 bits per heavy atom. The zero-order valence-corrected chi connectivity index (χ0v) is 7.18. The Bertz CT molecular complexity index is 208. The summed E-state index contributed by atoms with van der Waals surface area (Å²) in [4.78, 5) is 23.6. The SMILES string of the molecule is CN1C(=O)CCC(C)(C)C1=O. The standard InChI is InChI=1S/C8H13NO2/c1-8(2)5-4-6(10)9(3)7(8)11/h4-5H2,1-3H3. The number of hydrogen-bond acceptors (Lipinski definition) is 2. The minimum atomic E-state index is -0.345. The van der Waals surface area contributed by atoms with E-state index in [-0.39, 0.29) is 17.2 Å². The predicted molar refractivity (Wildman–Crippen MR) is 40.8 cm³/mol. The molecule has 0 spiro atoms. The molecule has 3 heteroatoms. The van der Waals surface area contributed by atoms with E-state index in [0.29, 0.717) is 12.8 Å². The highest BCUT2D eigenvalue weighted by atomic mass is 16.2. The maximum absolute atomic E-state index is 11.4. The van der Waals surface area contributed by atoms with Gasteiger partial charge in [-0.15, -0.1) is 0 Å². The molecule has 1 aliphatic rings. The van der Waals surface area contributed by atoms with Crippen LogP contribution in [0.15, 0.2) is 0 Å². The molecular formula is C8H13NO2. The lowest BCUT2D eigenvalue weighted by molar-refractivity contribution is -0.154. The van der Waals surface area contributed by atoms with Crippen molar-refractivity contribution in [1.82, 2.24) is 4.90 Å². The molecule has 0 N–H and O–H groups in total. The van der Waals surface area contributed by atoms with E-state index in [2.05, 4.69) is 0 Å². The monoisotopic (exact) mass is 155 g/mol. The van der Waals surface area contributed by atoms with Gasteiger partial charge in [-0.25, -0.2) is 0 Å². The van der Waals surface area contributed by atoms with Crippen LogP contribution in [-0.2, 0) is 9.59 Å². The van der Waals surface area contributed by atoms with Gasteiger partial charge in [0.15, 0.2) is 0 Å². The van der Waals surface area contributed by atoms with E-state index in [1.165, 1.54) is 4.90 Å². The highest BCUT2D eigenvalue weighted by Crippen LogP contribution is 2.29. The fourth-order valence-corrected chi connectivity index (χ4v) is 1.26. The Labute approximate surface area is 66.4 Å². The second-order valence-electron chi connectivity index (χ2n) is 3.64. The van der Waals surface area contributed by atoms with Gasteiger partial charge in [0, 0.05) is 18.9 Å². The van der Waals surface area contributed by atoms with Crippen LogP contribution >= 0.6 is 0 Å². The quantitative estimate of drug-likeness (QED) is 0.485. The lowest BCUT2D eigenvalue weighted by Crippen LogP contribution is -2.46. The maximum Gasteiger partial charge on any atom is 0.234 e. The van der Waals surface area contributed by atoms with Crippen LogP contribution in [0, 0.1) is 5.41 Å². The van der Waals surface area contributed by atoms with Gasteiger partial charge in [-0.2, -0.15) is 0 Å². The highest BCUT2D eigenvalue weighted by Gasteiger charge is 2.37. The van der Waals surface area contributed by atoms with E-state index < -0.39 is 0 Å². The molecule has 3 nitrogen and oxygen atoms in total. The summed E-state index contributed by atoms with van der Waals surface area (Å²) in [6.07, 6.45) is 1.17. The van der Waals surface area contributed by atoms with Gasteiger partial charge in [0.2, 0.25) is 11.8 Å². The summed E-state index contributed by atoms with van der Waals surface area (Å²) < 4.78 is 0. The topological polar surface area (TPSA) is 37.4 Å². The molecular weight excluding hydrogens is 142 g/mol. The molecule has 1 rings (SSSR count). The van der Waals surface area contributed by atoms with Crippen molar-refractivity contribution in [3.8, 4) is 0 Å². The number of rotatable bonds is 0. The number of piperidine rings is 1. The predicted octanol–water partition coefficient (Wildman–Crippen LogP) is 0.791. The van der Waals surface area contributed by atoms with E-state index in [1.54, 1.807) is 7.05 Å². The average molecular weight is 155 g/mol. The lowest BCUT2D eigenvalue weighted by Gasteiger charge is -2.33. The van der Waals surface area contributed by atoms with Crippen molar-refractivity contribution in [2.24, 2.45) is 5.41 Å². The summed E-state index contributed by atoms with van der Waals surface area (Å²) in [7, 11) is 1.55. The third-order valence-electron chi connectivity index (χ3n) is 2.22. The van der Waals surface area contributed by atoms with Gasteiger partial charge in [0.25, 0.3) is 0 Å². The number of amides is 2. The fraction of sp³-hybridized carbons (Fsp3) is 0.750. The number of likely N-dealkylation sites (tertiary alicyclic amines) is 1. The molecule has 62 valence electrons. The lowest BCUT2D eigenvalue weighted by atomic mass is 9.83. The largest absolute Gasteiger partial charge is 0.285 e. The molecule has 1 fully saturated rings. The molecule has 11 heavy (non-hydrogen) atoms. The Balaban J connectivity index is 2.84. The van der Waals surface area contributed by atoms with E-state index in [4.69, 9.17) is 0 Å². The minimum absolute atomic E-state index is 0.0608. The number of imide groups is 1. The van der Waals surface area contributed by atoms with E-state index in [9.17, 15) is 9.59 Å². The summed E-state index contributed by atoms with van der Waals surface area (Å²) >= 11 is 0. The van der Waals surface area contributed by atoms with Crippen LogP contribution in [0.5, 0.6) is 0 Å². The summed E-state index contributed by atoms with van der Waals surface area (Å²) in [5.41, 5.74) is -0.345. The van der Waals surface area contributed by atoms with Gasteiger partial charge in [-0.1, -0.05) is 13.8 Å². The van der Waals surface area contributed by atoms with Crippen LogP contribution in [0.2, 0.25) is 0 Å². The van der Waals surface area contributed by atoms with Gasteiger partial charge in [0.1, 0.15) is 0 Å². The third kappa shape index (κ3) is 1.27. The summed E-state index contributed by atoms with van der Waals surface area (Å²) in [5, 5.41) is 0. The molecule has 0 aromatic heterocycles. The number of nitrogens with zero attached hydrogens (tertiary/aromatic N) is 1. The first-order chi connectivity index (χ1) is 4.95. The van der Waals surface area contributed by atoms with Gasteiger partial charge in [0.05, 0.1) is 0 Å². The summed E-state index contributed by atoms with van der Waals surface area (Å²) in [6.45, 7) is 3.75. The molecule has 0 aliphatic carbocycles. The van der Waals surface area contributed by atoms with Crippen molar-refractivity contribution in [3.05, 3.63) is 0 Å². The summed E-state index contributed by atoms with van der Waals surface area (Å²) in [6, 6.07) is 0. The van der Waals surface area contributed by atoms with Crippen molar-refractivity contribution in [1.29, 1.82) is 0 Å². The average Bonchev–Trinajstić information content (AvgIpc) is 1.95. The Morgan fingerprint density at radius 2 is 1.91 bits per heavy atom. The van der Waals surface area contributed by atoms with Crippen molar-refractivity contribution < 1.29 is 9.59 Å². The molecule has 0 atom stereocenters. The molecule has 0 unspecified atom stereocenters. The Kier molecular flexibility index (Phi) is 1.74. The zero-order valence-electron chi connectivity index (χ0n) is 7.18. The van der Waals surface area contributed by atoms with Crippen molar-refractivity contribution in [2.75, 3.05) is 7.05 Å². The van der Waals surface area contributed by atoms with Crippen LogP contribution < -0.4 is 0 Å². The van der Waals surface area contributed by atoms with Crippen LogP contribution in [-0.4, -0.2) is 23.8 Å². The fourth-order valence-electron chi connectivity index (χ4n) is 1.26. The number of carbonyl (C=O) groups is 2. The summed E-state index contributed by atoms with van der Waals surface area (Å²) in [5.74, 6) is -0.122. The van der Waals surface area contributed by atoms with E-state index >= 15 is 0 Å². The second kappa shape index (κ2) is 2.32. The van der Waals surface area contributed by atoms with Crippen LogP contribution in [0.25, 0.3) is 0 Å². The second-order valence-corrected chi connectivity index (χ2v) is 3.64. The maximum atomic E-state index is 11.4. The first-order valence-corrected chi connectivity index (χ1v) is 3.76. The molecule has 0 saturated carbocycles. The smallest absolute Gasteiger partial charge is 0.234 e. The van der Waals surface area contributed by atoms with Crippen molar-refractivity contribution in [2.45, 2.75) is 26.7 Å². The first kappa shape index (κ1) is 8.24. The van der Waals surface area contributed by atoms with Crippen molar-refractivity contribution >= 4 is 11.8 Å². The molecule has 0 radical (unpaired) electrons. The van der Waals surface area contributed by atoms with Gasteiger partial charge < -0.3 is 0 Å². The normalized spacial score (nSPS) is 24.1. The molecule has 2 amide bonds.